The normalized spacial score (nSPS) is 17.6. The number of carbonyl (C=O) groups is 1. The van der Waals surface area contributed by atoms with E-state index in [4.69, 9.17) is 4.74 Å². The summed E-state index contributed by atoms with van der Waals surface area (Å²) >= 11 is 3.41. The minimum atomic E-state index is -0.244. The second kappa shape index (κ2) is 6.59. The Balaban J connectivity index is 2.14. The predicted molar refractivity (Wildman–Crippen MR) is 84.2 cm³/mol. The molecular weight excluding hydrogens is 320 g/mol. The van der Waals surface area contributed by atoms with Gasteiger partial charge >= 0.3 is 0 Å². The average Bonchev–Trinajstić information content (AvgIpc) is 2.49. The Kier molecular flexibility index (Phi) is 5.05. The van der Waals surface area contributed by atoms with Gasteiger partial charge in [-0.05, 0) is 60.4 Å². The Hall–Kier alpha value is -1.07. The predicted octanol–water partition coefficient (Wildman–Crippen LogP) is 3.18. The lowest BCUT2D eigenvalue weighted by molar-refractivity contribution is -0.127. The van der Waals surface area contributed by atoms with Gasteiger partial charge in [0, 0.05) is 11.8 Å². The van der Waals surface area contributed by atoms with Gasteiger partial charge in [0.1, 0.15) is 5.75 Å². The van der Waals surface area contributed by atoms with Crippen LogP contribution in [0.25, 0.3) is 0 Å². The molecule has 1 fully saturated rings. The highest BCUT2D eigenvalue weighted by molar-refractivity contribution is 9.10. The third kappa shape index (κ3) is 3.15. The van der Waals surface area contributed by atoms with Gasteiger partial charge in [-0.3, -0.25) is 4.79 Å². The minimum Gasteiger partial charge on any atom is -0.495 e. The molecule has 0 saturated carbocycles. The van der Waals surface area contributed by atoms with Crippen LogP contribution in [-0.2, 0) is 4.79 Å². The molecule has 5 heteroatoms. The lowest BCUT2D eigenvalue weighted by atomic mass is 9.76. The lowest BCUT2D eigenvalue weighted by Crippen LogP contribution is -2.44. The minimum absolute atomic E-state index is 0.117. The molecule has 0 aromatic heterocycles. The Labute approximate surface area is 128 Å². The smallest absolute Gasteiger partial charge is 0.230 e. The number of hydrogen-bond acceptors (Lipinski definition) is 3. The number of rotatable bonds is 4. The van der Waals surface area contributed by atoms with Gasteiger partial charge in [0.05, 0.1) is 17.0 Å². The third-order valence-corrected chi connectivity index (χ3v) is 4.78. The molecule has 1 heterocycles. The van der Waals surface area contributed by atoms with Crippen molar-refractivity contribution in [2.24, 2.45) is 5.41 Å². The Bertz CT molecular complexity index is 485. The van der Waals surface area contributed by atoms with Crippen molar-refractivity contribution in [2.75, 3.05) is 25.5 Å². The molecule has 1 aliphatic heterocycles. The van der Waals surface area contributed by atoms with Crippen molar-refractivity contribution in [1.29, 1.82) is 0 Å². The molecule has 110 valence electrons. The van der Waals surface area contributed by atoms with Crippen LogP contribution in [0.4, 0.5) is 5.69 Å². The first-order valence-corrected chi connectivity index (χ1v) is 7.76. The van der Waals surface area contributed by atoms with E-state index in [1.54, 1.807) is 7.11 Å². The summed E-state index contributed by atoms with van der Waals surface area (Å²) in [7, 11) is 1.62. The molecule has 0 atom stereocenters. The molecule has 4 nitrogen and oxygen atoms in total. The fourth-order valence-corrected chi connectivity index (χ4v) is 3.06. The summed E-state index contributed by atoms with van der Waals surface area (Å²) in [6.07, 6.45) is 2.65. The summed E-state index contributed by atoms with van der Waals surface area (Å²) in [5, 5.41) is 6.35. The van der Waals surface area contributed by atoms with Crippen molar-refractivity contribution < 1.29 is 9.53 Å². The molecular formula is C15H21BrN2O2. The molecule has 0 spiro atoms. The number of piperidine rings is 1. The molecule has 0 radical (unpaired) electrons. The van der Waals surface area contributed by atoms with Crippen molar-refractivity contribution in [2.45, 2.75) is 26.2 Å². The van der Waals surface area contributed by atoms with Crippen molar-refractivity contribution >= 4 is 27.5 Å². The number of halogens is 1. The van der Waals surface area contributed by atoms with E-state index in [0.29, 0.717) is 0 Å². The molecule has 1 aliphatic rings. The summed E-state index contributed by atoms with van der Waals surface area (Å²) in [6, 6.07) is 5.61. The molecule has 2 N–H and O–H groups in total. The largest absolute Gasteiger partial charge is 0.495 e. The number of carbonyl (C=O) groups excluding carboxylic acids is 1. The Morgan fingerprint density at radius 1 is 1.45 bits per heavy atom. The third-order valence-electron chi connectivity index (χ3n) is 4.13. The van der Waals surface area contributed by atoms with E-state index >= 15 is 0 Å². The fourth-order valence-electron chi connectivity index (χ4n) is 2.65. The van der Waals surface area contributed by atoms with Crippen molar-refractivity contribution in [3.63, 3.8) is 0 Å². The van der Waals surface area contributed by atoms with Crippen LogP contribution in [0, 0.1) is 5.41 Å². The van der Waals surface area contributed by atoms with E-state index in [9.17, 15) is 4.79 Å². The number of anilines is 1. The Morgan fingerprint density at radius 3 is 2.75 bits per heavy atom. The molecule has 1 aromatic carbocycles. The second-order valence-electron chi connectivity index (χ2n) is 5.19. The standard InChI is InChI=1S/C15H21BrN2O2/c1-3-15(6-8-17-9-7-15)14(19)18-11-4-5-12(16)13(10-11)20-2/h4-5,10,17H,3,6-9H2,1-2H3,(H,18,19). The second-order valence-corrected chi connectivity index (χ2v) is 6.04. The quantitative estimate of drug-likeness (QED) is 0.884. The van der Waals surface area contributed by atoms with Crippen LogP contribution in [0.2, 0.25) is 0 Å². The Morgan fingerprint density at radius 2 is 2.15 bits per heavy atom. The first-order valence-electron chi connectivity index (χ1n) is 6.97. The van der Waals surface area contributed by atoms with E-state index in [1.807, 2.05) is 18.2 Å². The van der Waals surface area contributed by atoms with Gasteiger partial charge in [0.2, 0.25) is 5.91 Å². The highest BCUT2D eigenvalue weighted by Gasteiger charge is 2.37. The highest BCUT2D eigenvalue weighted by atomic mass is 79.9. The van der Waals surface area contributed by atoms with Gasteiger partial charge in [-0.25, -0.2) is 0 Å². The van der Waals surface area contributed by atoms with Crippen LogP contribution in [0.3, 0.4) is 0 Å². The maximum Gasteiger partial charge on any atom is 0.230 e. The summed E-state index contributed by atoms with van der Waals surface area (Å²) in [4.78, 5) is 12.6. The van der Waals surface area contributed by atoms with Crippen LogP contribution in [0.1, 0.15) is 26.2 Å². The van der Waals surface area contributed by atoms with Crippen LogP contribution in [0.5, 0.6) is 5.75 Å². The zero-order chi connectivity index (χ0) is 14.6. The zero-order valence-corrected chi connectivity index (χ0v) is 13.5. The average molecular weight is 341 g/mol. The topological polar surface area (TPSA) is 50.4 Å². The van der Waals surface area contributed by atoms with Gasteiger partial charge in [-0.1, -0.05) is 6.92 Å². The molecule has 2 rings (SSSR count). The van der Waals surface area contributed by atoms with E-state index < -0.39 is 0 Å². The number of nitrogens with one attached hydrogen (secondary N) is 2. The summed E-state index contributed by atoms with van der Waals surface area (Å²) in [6.45, 7) is 3.91. The van der Waals surface area contributed by atoms with Gasteiger partial charge in [-0.2, -0.15) is 0 Å². The molecule has 1 saturated heterocycles. The van der Waals surface area contributed by atoms with E-state index in [-0.39, 0.29) is 11.3 Å². The molecule has 0 bridgehead atoms. The van der Waals surface area contributed by atoms with Gasteiger partial charge < -0.3 is 15.4 Å². The summed E-state index contributed by atoms with van der Waals surface area (Å²) in [5.41, 5.74) is 0.535. The summed E-state index contributed by atoms with van der Waals surface area (Å²) < 4.78 is 6.14. The van der Waals surface area contributed by atoms with Crippen LogP contribution < -0.4 is 15.4 Å². The van der Waals surface area contributed by atoms with Gasteiger partial charge in [-0.15, -0.1) is 0 Å². The SMILES string of the molecule is CCC1(C(=O)Nc2ccc(Br)c(OC)c2)CCNCC1. The first kappa shape index (κ1) is 15.3. The maximum absolute atomic E-state index is 12.6. The summed E-state index contributed by atoms with van der Waals surface area (Å²) in [5.74, 6) is 0.838. The monoisotopic (exact) mass is 340 g/mol. The molecule has 1 aromatic rings. The number of ether oxygens (including phenoxy) is 1. The van der Waals surface area contributed by atoms with E-state index in [0.717, 1.165) is 48.3 Å². The zero-order valence-electron chi connectivity index (χ0n) is 12.0. The van der Waals surface area contributed by atoms with Crippen molar-refractivity contribution in [3.8, 4) is 5.75 Å². The van der Waals surface area contributed by atoms with Gasteiger partial charge in [0.15, 0.2) is 0 Å². The molecule has 1 amide bonds. The first-order chi connectivity index (χ1) is 9.61. The number of benzene rings is 1. The van der Waals surface area contributed by atoms with Crippen LogP contribution >= 0.6 is 15.9 Å². The van der Waals surface area contributed by atoms with Crippen LogP contribution in [-0.4, -0.2) is 26.1 Å². The lowest BCUT2D eigenvalue weighted by Gasteiger charge is -2.35. The van der Waals surface area contributed by atoms with Gasteiger partial charge in [0.25, 0.3) is 0 Å². The fraction of sp³-hybridized carbons (Fsp3) is 0.533. The number of methoxy groups -OCH3 is 1. The van der Waals surface area contributed by atoms with Crippen molar-refractivity contribution in [3.05, 3.63) is 22.7 Å². The highest BCUT2D eigenvalue weighted by Crippen LogP contribution is 2.35. The molecule has 0 aliphatic carbocycles. The molecule has 0 unspecified atom stereocenters. The van der Waals surface area contributed by atoms with Crippen LogP contribution in [0.15, 0.2) is 22.7 Å². The van der Waals surface area contributed by atoms with E-state index in [2.05, 4.69) is 33.5 Å². The van der Waals surface area contributed by atoms with Crippen molar-refractivity contribution in [1.82, 2.24) is 5.32 Å². The maximum atomic E-state index is 12.6. The number of amides is 1. The van der Waals surface area contributed by atoms with E-state index in [1.165, 1.54) is 0 Å². The molecule has 20 heavy (non-hydrogen) atoms. The number of hydrogen-bond donors (Lipinski definition) is 2.